The zero-order valence-electron chi connectivity index (χ0n) is 18.2. The van der Waals surface area contributed by atoms with Crippen LogP contribution in [0.15, 0.2) is 48.5 Å². The van der Waals surface area contributed by atoms with Crippen LogP contribution in [0.1, 0.15) is 25.8 Å². The predicted octanol–water partition coefficient (Wildman–Crippen LogP) is 3.70. The summed E-state index contributed by atoms with van der Waals surface area (Å²) in [6.45, 7) is 3.43. The number of rotatable bonds is 10. The van der Waals surface area contributed by atoms with E-state index in [9.17, 15) is 18.0 Å². The molecule has 1 N–H and O–H groups in total. The van der Waals surface area contributed by atoms with E-state index in [-0.39, 0.29) is 12.5 Å². The Balaban J connectivity index is 2.40. The van der Waals surface area contributed by atoms with E-state index in [0.717, 1.165) is 17.0 Å². The minimum absolute atomic E-state index is 0.0511. The molecule has 0 heterocycles. The van der Waals surface area contributed by atoms with E-state index in [1.54, 1.807) is 55.5 Å². The number of carbonyl (C=O) groups is 2. The van der Waals surface area contributed by atoms with Crippen molar-refractivity contribution in [2.24, 2.45) is 0 Å². The lowest BCUT2D eigenvalue weighted by atomic mass is 10.1. The van der Waals surface area contributed by atoms with E-state index in [4.69, 9.17) is 23.2 Å². The van der Waals surface area contributed by atoms with Gasteiger partial charge in [-0.05, 0) is 37.6 Å². The van der Waals surface area contributed by atoms with Gasteiger partial charge in [0.2, 0.25) is 21.8 Å². The van der Waals surface area contributed by atoms with Crippen LogP contribution in [0, 0.1) is 0 Å². The van der Waals surface area contributed by atoms with Crippen LogP contribution in [0.25, 0.3) is 0 Å². The number of benzene rings is 2. The first-order valence-corrected chi connectivity index (χ1v) is 12.7. The van der Waals surface area contributed by atoms with Crippen molar-refractivity contribution in [3.8, 4) is 0 Å². The van der Waals surface area contributed by atoms with Crippen molar-refractivity contribution < 1.29 is 18.0 Å². The summed E-state index contributed by atoms with van der Waals surface area (Å²) in [6, 6.07) is 12.4. The highest BCUT2D eigenvalue weighted by Crippen LogP contribution is 2.27. The van der Waals surface area contributed by atoms with E-state index < -0.39 is 28.5 Å². The second-order valence-corrected chi connectivity index (χ2v) is 10.0. The maximum Gasteiger partial charge on any atom is 0.244 e. The minimum Gasteiger partial charge on any atom is -0.354 e. The highest BCUT2D eigenvalue weighted by atomic mass is 35.5. The second kappa shape index (κ2) is 11.5. The molecule has 0 aliphatic carbocycles. The van der Waals surface area contributed by atoms with Crippen molar-refractivity contribution in [3.05, 3.63) is 64.1 Å². The first-order valence-electron chi connectivity index (χ1n) is 10.1. The number of amides is 2. The summed E-state index contributed by atoms with van der Waals surface area (Å²) < 4.78 is 25.9. The maximum absolute atomic E-state index is 13.4. The second-order valence-electron chi connectivity index (χ2n) is 7.29. The van der Waals surface area contributed by atoms with Gasteiger partial charge in [0.25, 0.3) is 0 Å². The highest BCUT2D eigenvalue weighted by Gasteiger charge is 2.30. The number of para-hydroxylation sites is 1. The molecule has 7 nitrogen and oxygen atoms in total. The Kier molecular flexibility index (Phi) is 9.36. The standard InChI is InChI=1S/C22H27Cl2N3O4S/c1-4-13-25-22(29)16(2)26(14-18-19(23)11-8-12-20(18)24)21(28)15-27(32(3,30)31)17-9-6-5-7-10-17/h5-12,16H,4,13-15H2,1-3H3,(H,25,29). The third kappa shape index (κ3) is 6.85. The van der Waals surface area contributed by atoms with Gasteiger partial charge in [-0.3, -0.25) is 13.9 Å². The first-order chi connectivity index (χ1) is 15.1. The molecule has 0 aliphatic heterocycles. The van der Waals surface area contributed by atoms with Crippen LogP contribution < -0.4 is 9.62 Å². The number of hydrogen-bond acceptors (Lipinski definition) is 4. The summed E-state index contributed by atoms with van der Waals surface area (Å²) in [6.07, 6.45) is 1.76. The molecule has 2 amide bonds. The molecule has 1 unspecified atom stereocenters. The molecule has 2 aromatic carbocycles. The van der Waals surface area contributed by atoms with Crippen LogP contribution in [0.5, 0.6) is 0 Å². The summed E-state index contributed by atoms with van der Waals surface area (Å²) in [5, 5.41) is 3.46. The Morgan fingerprint density at radius 1 is 1.03 bits per heavy atom. The fourth-order valence-electron chi connectivity index (χ4n) is 3.04. The van der Waals surface area contributed by atoms with Crippen LogP contribution >= 0.6 is 23.2 Å². The smallest absolute Gasteiger partial charge is 0.244 e. The zero-order chi connectivity index (χ0) is 23.9. The van der Waals surface area contributed by atoms with E-state index in [1.807, 2.05) is 6.92 Å². The highest BCUT2D eigenvalue weighted by molar-refractivity contribution is 7.92. The van der Waals surface area contributed by atoms with Gasteiger partial charge in [-0.25, -0.2) is 8.42 Å². The van der Waals surface area contributed by atoms with E-state index in [0.29, 0.717) is 27.8 Å². The van der Waals surface area contributed by atoms with E-state index in [1.165, 1.54) is 4.90 Å². The van der Waals surface area contributed by atoms with Gasteiger partial charge in [0.1, 0.15) is 12.6 Å². The molecule has 0 fully saturated rings. The third-order valence-electron chi connectivity index (χ3n) is 4.83. The van der Waals surface area contributed by atoms with Crippen molar-refractivity contribution in [2.75, 3.05) is 23.7 Å². The van der Waals surface area contributed by atoms with Crippen LogP contribution in [0.3, 0.4) is 0 Å². The predicted molar refractivity (Wildman–Crippen MR) is 128 cm³/mol. The number of nitrogens with zero attached hydrogens (tertiary/aromatic N) is 2. The van der Waals surface area contributed by atoms with Crippen molar-refractivity contribution in [1.82, 2.24) is 10.2 Å². The maximum atomic E-state index is 13.4. The lowest BCUT2D eigenvalue weighted by Gasteiger charge is -2.32. The molecular weight excluding hydrogens is 473 g/mol. The summed E-state index contributed by atoms with van der Waals surface area (Å²) in [5.74, 6) is -0.914. The Hall–Kier alpha value is -2.29. The molecule has 0 aromatic heterocycles. The normalized spacial score (nSPS) is 12.2. The van der Waals surface area contributed by atoms with Gasteiger partial charge in [0, 0.05) is 28.7 Å². The number of nitrogens with one attached hydrogen (secondary N) is 1. The fourth-order valence-corrected chi connectivity index (χ4v) is 4.41. The SMILES string of the molecule is CCCNC(=O)C(C)N(Cc1c(Cl)cccc1Cl)C(=O)CN(c1ccccc1)S(C)(=O)=O. The summed E-state index contributed by atoms with van der Waals surface area (Å²) in [7, 11) is -3.76. The molecular formula is C22H27Cl2N3O4S. The van der Waals surface area contributed by atoms with Crippen molar-refractivity contribution in [2.45, 2.75) is 32.9 Å². The van der Waals surface area contributed by atoms with Gasteiger partial charge in [-0.2, -0.15) is 0 Å². The summed E-state index contributed by atoms with van der Waals surface area (Å²) in [4.78, 5) is 27.3. The lowest BCUT2D eigenvalue weighted by molar-refractivity contribution is -0.139. The fraction of sp³-hybridized carbons (Fsp3) is 0.364. The minimum atomic E-state index is -3.76. The van der Waals surface area contributed by atoms with Gasteiger partial charge in [-0.1, -0.05) is 54.4 Å². The van der Waals surface area contributed by atoms with E-state index in [2.05, 4.69) is 5.32 Å². The molecule has 32 heavy (non-hydrogen) atoms. The Morgan fingerprint density at radius 2 is 1.62 bits per heavy atom. The van der Waals surface area contributed by atoms with Crippen LogP contribution in [-0.4, -0.2) is 50.5 Å². The van der Waals surface area contributed by atoms with Crippen LogP contribution in [-0.2, 0) is 26.2 Å². The summed E-state index contributed by atoms with van der Waals surface area (Å²) in [5.41, 5.74) is 0.826. The molecule has 0 spiro atoms. The molecule has 0 saturated carbocycles. The first kappa shape index (κ1) is 26.0. The molecule has 174 valence electrons. The van der Waals surface area contributed by atoms with Crippen molar-refractivity contribution in [1.29, 1.82) is 0 Å². The molecule has 2 rings (SSSR count). The van der Waals surface area contributed by atoms with Crippen LogP contribution in [0.4, 0.5) is 5.69 Å². The number of anilines is 1. The molecule has 0 radical (unpaired) electrons. The lowest BCUT2D eigenvalue weighted by Crippen LogP contribution is -2.51. The van der Waals surface area contributed by atoms with Crippen LogP contribution in [0.2, 0.25) is 10.0 Å². The Labute approximate surface area is 199 Å². The molecule has 1 atom stereocenters. The monoisotopic (exact) mass is 499 g/mol. The van der Waals surface area contributed by atoms with Crippen molar-refractivity contribution in [3.63, 3.8) is 0 Å². The van der Waals surface area contributed by atoms with Gasteiger partial charge in [0.15, 0.2) is 0 Å². The molecule has 0 saturated heterocycles. The number of hydrogen-bond donors (Lipinski definition) is 1. The Morgan fingerprint density at radius 3 is 2.16 bits per heavy atom. The topological polar surface area (TPSA) is 86.8 Å². The summed E-state index contributed by atoms with van der Waals surface area (Å²) >= 11 is 12.6. The van der Waals surface area contributed by atoms with Gasteiger partial charge >= 0.3 is 0 Å². The molecule has 2 aromatic rings. The average molecular weight is 500 g/mol. The molecule has 0 bridgehead atoms. The van der Waals surface area contributed by atoms with Crippen molar-refractivity contribution >= 4 is 50.7 Å². The largest absolute Gasteiger partial charge is 0.354 e. The molecule has 0 aliphatic rings. The zero-order valence-corrected chi connectivity index (χ0v) is 20.5. The van der Waals surface area contributed by atoms with Gasteiger partial charge < -0.3 is 10.2 Å². The average Bonchev–Trinajstić information content (AvgIpc) is 2.74. The Bertz CT molecular complexity index is 1030. The van der Waals surface area contributed by atoms with Gasteiger partial charge in [0.05, 0.1) is 11.9 Å². The number of sulfonamides is 1. The van der Waals surface area contributed by atoms with E-state index >= 15 is 0 Å². The van der Waals surface area contributed by atoms with Gasteiger partial charge in [-0.15, -0.1) is 0 Å². The number of halogens is 2. The quantitative estimate of drug-likeness (QED) is 0.539. The number of carbonyl (C=O) groups excluding carboxylic acids is 2. The third-order valence-corrected chi connectivity index (χ3v) is 6.68. The molecule has 10 heteroatoms.